The summed E-state index contributed by atoms with van der Waals surface area (Å²) in [5.74, 6) is 0.900. The van der Waals surface area contributed by atoms with E-state index in [1.165, 1.54) is 0 Å². The van der Waals surface area contributed by atoms with Crippen LogP contribution in [0.1, 0.15) is 27.7 Å². The molecule has 94 valence electrons. The minimum absolute atomic E-state index is 0.297. The third kappa shape index (κ3) is 1.43. The molecule has 0 radical (unpaired) electrons. The van der Waals surface area contributed by atoms with Crippen molar-refractivity contribution >= 4 is 16.6 Å². The number of benzene rings is 1. The molecular formula is C15H19N3. The second-order valence-corrected chi connectivity index (χ2v) is 6.30. The van der Waals surface area contributed by atoms with Gasteiger partial charge >= 0.3 is 0 Å². The number of fused-ring (bicyclic) bond motifs is 1. The lowest BCUT2D eigenvalue weighted by molar-refractivity contribution is 0.457. The number of nitrogens with one attached hydrogen (secondary N) is 1. The van der Waals surface area contributed by atoms with Gasteiger partial charge in [0, 0.05) is 16.8 Å². The smallest absolute Gasteiger partial charge is 0.156 e. The quantitative estimate of drug-likeness (QED) is 0.874. The second-order valence-electron chi connectivity index (χ2n) is 6.30. The van der Waals surface area contributed by atoms with Crippen LogP contribution in [0.2, 0.25) is 0 Å². The molecule has 18 heavy (non-hydrogen) atoms. The Kier molecular flexibility index (Phi) is 2.19. The van der Waals surface area contributed by atoms with E-state index in [-0.39, 0.29) is 0 Å². The van der Waals surface area contributed by atoms with Crippen molar-refractivity contribution < 1.29 is 0 Å². The molecule has 3 heteroatoms. The summed E-state index contributed by atoms with van der Waals surface area (Å²) in [6.45, 7) is 9.18. The number of rotatable bonds is 2. The van der Waals surface area contributed by atoms with Gasteiger partial charge in [-0.15, -0.1) is 5.10 Å². The normalized spacial score (nSPS) is 20.9. The van der Waals surface area contributed by atoms with E-state index in [1.807, 2.05) is 18.3 Å². The molecule has 1 heterocycles. The molecule has 0 aliphatic heterocycles. The van der Waals surface area contributed by atoms with Crippen LogP contribution in [0.25, 0.3) is 10.8 Å². The molecule has 1 aromatic heterocycles. The third-order valence-electron chi connectivity index (χ3n) is 4.87. The number of aromatic nitrogens is 2. The van der Waals surface area contributed by atoms with Gasteiger partial charge in [-0.25, -0.2) is 0 Å². The van der Waals surface area contributed by atoms with E-state index in [2.05, 4.69) is 55.3 Å². The predicted octanol–water partition coefficient (Wildman–Crippen LogP) is 3.48. The first kappa shape index (κ1) is 11.5. The lowest BCUT2D eigenvalue weighted by Crippen LogP contribution is -2.12. The molecule has 0 bridgehead atoms. The van der Waals surface area contributed by atoms with Crippen LogP contribution >= 0.6 is 0 Å². The van der Waals surface area contributed by atoms with Crippen molar-refractivity contribution in [3.63, 3.8) is 0 Å². The Balaban J connectivity index is 1.98. The Hall–Kier alpha value is -1.64. The van der Waals surface area contributed by atoms with Gasteiger partial charge in [0.15, 0.2) is 5.82 Å². The second kappa shape index (κ2) is 3.44. The van der Waals surface area contributed by atoms with Crippen molar-refractivity contribution in [2.75, 3.05) is 5.32 Å². The maximum atomic E-state index is 4.26. The van der Waals surface area contributed by atoms with Gasteiger partial charge in [-0.2, -0.15) is 5.10 Å². The SMILES string of the molecule is CC1(C)C(Nc2nncc3ccccc23)C1(C)C. The van der Waals surface area contributed by atoms with Gasteiger partial charge < -0.3 is 5.32 Å². The van der Waals surface area contributed by atoms with Gasteiger partial charge in [0.2, 0.25) is 0 Å². The first-order valence-corrected chi connectivity index (χ1v) is 6.41. The van der Waals surface area contributed by atoms with Gasteiger partial charge in [0.1, 0.15) is 0 Å². The fraction of sp³-hybridized carbons (Fsp3) is 0.467. The zero-order valence-corrected chi connectivity index (χ0v) is 11.4. The highest BCUT2D eigenvalue weighted by Gasteiger charge is 2.65. The number of nitrogens with zero attached hydrogens (tertiary/aromatic N) is 2. The Morgan fingerprint density at radius 3 is 2.39 bits per heavy atom. The Bertz CT molecular complexity index is 582. The molecule has 1 aliphatic rings. The molecule has 0 amide bonds. The maximum Gasteiger partial charge on any atom is 0.156 e. The van der Waals surface area contributed by atoms with Crippen molar-refractivity contribution in [3.8, 4) is 0 Å². The minimum atomic E-state index is 0.297. The van der Waals surface area contributed by atoms with Gasteiger partial charge in [-0.3, -0.25) is 0 Å². The summed E-state index contributed by atoms with van der Waals surface area (Å²) in [6.07, 6.45) is 1.81. The topological polar surface area (TPSA) is 37.8 Å². The molecule has 1 fully saturated rings. The summed E-state index contributed by atoms with van der Waals surface area (Å²) in [5, 5.41) is 14.2. The highest BCUT2D eigenvalue weighted by atomic mass is 15.2. The first-order valence-electron chi connectivity index (χ1n) is 6.41. The third-order valence-corrected chi connectivity index (χ3v) is 4.87. The highest BCUT2D eigenvalue weighted by molar-refractivity contribution is 5.91. The molecule has 0 atom stereocenters. The summed E-state index contributed by atoms with van der Waals surface area (Å²) in [6, 6.07) is 8.68. The largest absolute Gasteiger partial charge is 0.364 e. The van der Waals surface area contributed by atoms with E-state index in [0.29, 0.717) is 16.9 Å². The summed E-state index contributed by atoms with van der Waals surface area (Å²) in [7, 11) is 0. The Morgan fingerprint density at radius 2 is 1.72 bits per heavy atom. The number of hydrogen-bond acceptors (Lipinski definition) is 3. The molecule has 2 aromatic rings. The molecule has 1 N–H and O–H groups in total. The van der Waals surface area contributed by atoms with Gasteiger partial charge in [-0.05, 0) is 10.8 Å². The van der Waals surface area contributed by atoms with E-state index in [4.69, 9.17) is 0 Å². The average Bonchev–Trinajstić information content (AvgIpc) is 2.72. The van der Waals surface area contributed by atoms with Crippen LogP contribution < -0.4 is 5.32 Å². The number of hydrogen-bond donors (Lipinski definition) is 1. The van der Waals surface area contributed by atoms with Crippen molar-refractivity contribution in [1.82, 2.24) is 10.2 Å². The fourth-order valence-corrected chi connectivity index (χ4v) is 2.83. The predicted molar refractivity (Wildman–Crippen MR) is 74.5 cm³/mol. The molecular weight excluding hydrogens is 222 g/mol. The van der Waals surface area contributed by atoms with Crippen molar-refractivity contribution in [2.24, 2.45) is 10.8 Å². The van der Waals surface area contributed by atoms with E-state index in [0.717, 1.165) is 16.6 Å². The van der Waals surface area contributed by atoms with E-state index < -0.39 is 0 Å². The fourth-order valence-electron chi connectivity index (χ4n) is 2.83. The molecule has 3 nitrogen and oxygen atoms in total. The van der Waals surface area contributed by atoms with Crippen LogP contribution in [-0.2, 0) is 0 Å². The molecule has 1 saturated carbocycles. The van der Waals surface area contributed by atoms with Crippen LogP contribution in [0.4, 0.5) is 5.82 Å². The highest BCUT2D eigenvalue weighted by Crippen LogP contribution is 2.63. The Morgan fingerprint density at radius 1 is 1.06 bits per heavy atom. The molecule has 1 aliphatic carbocycles. The van der Waals surface area contributed by atoms with E-state index >= 15 is 0 Å². The van der Waals surface area contributed by atoms with Crippen LogP contribution in [0.15, 0.2) is 30.5 Å². The van der Waals surface area contributed by atoms with Crippen molar-refractivity contribution in [2.45, 2.75) is 33.7 Å². The molecule has 0 saturated heterocycles. The van der Waals surface area contributed by atoms with Gasteiger partial charge in [-0.1, -0.05) is 52.0 Å². The van der Waals surface area contributed by atoms with Crippen LogP contribution in [0.5, 0.6) is 0 Å². The van der Waals surface area contributed by atoms with E-state index in [9.17, 15) is 0 Å². The standard InChI is InChI=1S/C15H19N3/c1-14(2)13(15(14,3)4)17-12-11-8-6-5-7-10(11)9-16-18-12/h5-9,13H,1-4H3,(H,17,18). The monoisotopic (exact) mass is 241 g/mol. The van der Waals surface area contributed by atoms with Gasteiger partial charge in [0.05, 0.1) is 6.20 Å². The lowest BCUT2D eigenvalue weighted by atomic mass is 10.0. The van der Waals surface area contributed by atoms with Crippen LogP contribution in [0.3, 0.4) is 0 Å². The summed E-state index contributed by atoms with van der Waals surface area (Å²) in [5.41, 5.74) is 0.594. The summed E-state index contributed by atoms with van der Waals surface area (Å²) < 4.78 is 0. The van der Waals surface area contributed by atoms with Crippen LogP contribution in [-0.4, -0.2) is 16.2 Å². The average molecular weight is 241 g/mol. The molecule has 0 unspecified atom stereocenters. The Labute approximate surface area is 108 Å². The van der Waals surface area contributed by atoms with E-state index in [1.54, 1.807) is 0 Å². The molecule has 3 rings (SSSR count). The zero-order chi connectivity index (χ0) is 13.0. The maximum absolute atomic E-state index is 4.26. The number of anilines is 1. The summed E-state index contributed by atoms with van der Waals surface area (Å²) in [4.78, 5) is 0. The lowest BCUT2D eigenvalue weighted by Gasteiger charge is -2.09. The first-order chi connectivity index (χ1) is 8.44. The van der Waals surface area contributed by atoms with Crippen LogP contribution in [0, 0.1) is 10.8 Å². The molecule has 0 spiro atoms. The van der Waals surface area contributed by atoms with Crippen molar-refractivity contribution in [3.05, 3.63) is 30.5 Å². The van der Waals surface area contributed by atoms with Crippen molar-refractivity contribution in [1.29, 1.82) is 0 Å². The van der Waals surface area contributed by atoms with Gasteiger partial charge in [0.25, 0.3) is 0 Å². The zero-order valence-electron chi connectivity index (χ0n) is 11.4. The molecule has 1 aromatic carbocycles. The minimum Gasteiger partial charge on any atom is -0.364 e. The summed E-state index contributed by atoms with van der Waals surface area (Å²) >= 11 is 0.